The number of aromatic nitrogens is 2. The minimum atomic E-state index is -3.75. The molecular weight excluding hydrogens is 288 g/mol. The van der Waals surface area contributed by atoms with E-state index in [0.717, 1.165) is 12.8 Å². The van der Waals surface area contributed by atoms with E-state index in [9.17, 15) is 8.42 Å². The van der Waals surface area contributed by atoms with Crippen molar-refractivity contribution in [3.8, 4) is 0 Å². The van der Waals surface area contributed by atoms with E-state index in [1.54, 1.807) is 18.5 Å². The molecule has 0 spiro atoms. The lowest BCUT2D eigenvalue weighted by Gasteiger charge is -2.19. The van der Waals surface area contributed by atoms with Crippen LogP contribution in [0.1, 0.15) is 38.1 Å². The van der Waals surface area contributed by atoms with E-state index < -0.39 is 9.05 Å². The fraction of sp³-hybridized carbons (Fsp3) is 0.750. The van der Waals surface area contributed by atoms with Crippen molar-refractivity contribution in [2.45, 2.75) is 63.7 Å². The summed E-state index contributed by atoms with van der Waals surface area (Å²) in [5.41, 5.74) is 0.896. The highest BCUT2D eigenvalue weighted by Gasteiger charge is 2.33. The Hall–Kier alpha value is -0.590. The second-order valence-electron chi connectivity index (χ2n) is 5.66. The number of hydrogen-bond donors (Lipinski definition) is 0. The molecule has 1 fully saturated rings. The Kier molecular flexibility index (Phi) is 3.70. The van der Waals surface area contributed by atoms with Crippen molar-refractivity contribution >= 4 is 19.7 Å². The third kappa shape index (κ3) is 3.12. The van der Waals surface area contributed by atoms with Crippen molar-refractivity contribution in [3.05, 3.63) is 11.4 Å². The zero-order chi connectivity index (χ0) is 14.4. The van der Waals surface area contributed by atoms with Gasteiger partial charge in [-0.2, -0.15) is 5.10 Å². The number of aryl methyl sites for hydroxylation is 1. The molecular formula is C12H19ClN2O3S. The second-order valence-corrected chi connectivity index (χ2v) is 8.16. The minimum Gasteiger partial charge on any atom is -0.370 e. The summed E-state index contributed by atoms with van der Waals surface area (Å²) in [4.78, 5) is 0.117. The van der Waals surface area contributed by atoms with Crippen LogP contribution in [0.5, 0.6) is 0 Å². The van der Waals surface area contributed by atoms with Gasteiger partial charge in [0.2, 0.25) is 0 Å². The van der Waals surface area contributed by atoms with Crippen LogP contribution in [0.15, 0.2) is 4.90 Å². The molecule has 0 amide bonds. The summed E-state index contributed by atoms with van der Waals surface area (Å²) in [6.45, 7) is 8.04. The topological polar surface area (TPSA) is 61.2 Å². The lowest BCUT2D eigenvalue weighted by Crippen LogP contribution is -2.23. The second kappa shape index (κ2) is 4.75. The number of nitrogens with zero attached hydrogens (tertiary/aromatic N) is 2. The first-order valence-electron chi connectivity index (χ1n) is 6.27. The van der Waals surface area contributed by atoms with Gasteiger partial charge in [0.05, 0.1) is 29.6 Å². The predicted octanol–water partition coefficient (Wildman–Crippen LogP) is 2.39. The molecule has 0 saturated carbocycles. The molecule has 1 aliphatic rings. The molecule has 2 heterocycles. The highest BCUT2D eigenvalue weighted by molar-refractivity contribution is 8.13. The van der Waals surface area contributed by atoms with Gasteiger partial charge in [0.15, 0.2) is 0 Å². The lowest BCUT2D eigenvalue weighted by atomic mass is 10.1. The maximum Gasteiger partial charge on any atom is 0.264 e. The fourth-order valence-corrected chi connectivity index (χ4v) is 4.13. The number of hydrogen-bond acceptors (Lipinski definition) is 4. The van der Waals surface area contributed by atoms with Gasteiger partial charge in [-0.3, -0.25) is 4.68 Å². The average Bonchev–Trinajstić information content (AvgIpc) is 2.67. The van der Waals surface area contributed by atoms with Gasteiger partial charge in [0.1, 0.15) is 4.90 Å². The number of rotatable bonds is 3. The third-order valence-electron chi connectivity index (χ3n) is 3.49. The lowest BCUT2D eigenvalue weighted by molar-refractivity contribution is -0.0232. The van der Waals surface area contributed by atoms with Gasteiger partial charge in [-0.25, -0.2) is 8.42 Å². The van der Waals surface area contributed by atoms with Gasteiger partial charge in [-0.1, -0.05) is 0 Å². The highest BCUT2D eigenvalue weighted by Crippen LogP contribution is 2.31. The van der Waals surface area contributed by atoms with Gasteiger partial charge < -0.3 is 4.74 Å². The summed E-state index contributed by atoms with van der Waals surface area (Å²) in [7, 11) is 1.68. The summed E-state index contributed by atoms with van der Waals surface area (Å²) >= 11 is 0. The van der Waals surface area contributed by atoms with Crippen LogP contribution >= 0.6 is 10.7 Å². The van der Waals surface area contributed by atoms with Crippen molar-refractivity contribution < 1.29 is 13.2 Å². The van der Waals surface area contributed by atoms with Gasteiger partial charge in [-0.15, -0.1) is 0 Å². The van der Waals surface area contributed by atoms with E-state index in [-0.39, 0.29) is 16.6 Å². The first-order chi connectivity index (χ1) is 8.60. The molecule has 1 aromatic heterocycles. The molecule has 7 heteroatoms. The van der Waals surface area contributed by atoms with Gasteiger partial charge in [0, 0.05) is 10.7 Å². The Balaban J connectivity index is 2.24. The van der Waals surface area contributed by atoms with Gasteiger partial charge in [-0.05, 0) is 40.5 Å². The van der Waals surface area contributed by atoms with Crippen LogP contribution in [0.2, 0.25) is 0 Å². The summed E-state index contributed by atoms with van der Waals surface area (Å²) < 4.78 is 30.6. The molecule has 1 unspecified atom stereocenters. The number of halogens is 1. The molecule has 1 aromatic rings. The first-order valence-corrected chi connectivity index (χ1v) is 8.57. The van der Waals surface area contributed by atoms with Crippen molar-refractivity contribution in [2.24, 2.45) is 0 Å². The van der Waals surface area contributed by atoms with Crippen LogP contribution in [0.3, 0.4) is 0 Å². The molecule has 0 N–H and O–H groups in total. The van der Waals surface area contributed by atoms with E-state index >= 15 is 0 Å². The molecule has 5 nitrogen and oxygen atoms in total. The molecule has 0 radical (unpaired) electrons. The van der Waals surface area contributed by atoms with Crippen LogP contribution in [-0.2, 0) is 20.3 Å². The summed E-state index contributed by atoms with van der Waals surface area (Å²) in [5, 5.41) is 4.26. The summed E-state index contributed by atoms with van der Waals surface area (Å²) in [6.07, 6.45) is 2.02. The maximum absolute atomic E-state index is 11.5. The third-order valence-corrected chi connectivity index (χ3v) is 5.03. The first kappa shape index (κ1) is 14.8. The highest BCUT2D eigenvalue weighted by atomic mass is 35.7. The summed E-state index contributed by atoms with van der Waals surface area (Å²) in [5.74, 6) is 0. The molecule has 0 aromatic carbocycles. The maximum atomic E-state index is 11.5. The monoisotopic (exact) mass is 306 g/mol. The number of ether oxygens (including phenoxy) is 1. The molecule has 19 heavy (non-hydrogen) atoms. The van der Waals surface area contributed by atoms with Crippen LogP contribution in [-0.4, -0.2) is 29.9 Å². The largest absolute Gasteiger partial charge is 0.370 e. The van der Waals surface area contributed by atoms with Crippen LogP contribution in [0, 0.1) is 13.8 Å². The van der Waals surface area contributed by atoms with E-state index in [2.05, 4.69) is 18.9 Å². The Bertz CT molecular complexity index is 592. The van der Waals surface area contributed by atoms with Crippen LogP contribution in [0.25, 0.3) is 0 Å². The fourth-order valence-electron chi connectivity index (χ4n) is 2.61. The Morgan fingerprint density at radius 2 is 2.11 bits per heavy atom. The van der Waals surface area contributed by atoms with Gasteiger partial charge >= 0.3 is 0 Å². The van der Waals surface area contributed by atoms with E-state index in [1.807, 2.05) is 0 Å². The quantitative estimate of drug-likeness (QED) is 0.804. The molecule has 108 valence electrons. The van der Waals surface area contributed by atoms with Crippen LogP contribution < -0.4 is 0 Å². The zero-order valence-electron chi connectivity index (χ0n) is 11.6. The van der Waals surface area contributed by atoms with E-state index in [0.29, 0.717) is 17.9 Å². The van der Waals surface area contributed by atoms with E-state index in [4.69, 9.17) is 15.4 Å². The van der Waals surface area contributed by atoms with Crippen molar-refractivity contribution in [2.75, 3.05) is 0 Å². The standard InChI is InChI=1S/C12H19ClN2O3S/c1-8-11(19(13,16)17)9(2)15(14-8)7-10-5-6-12(3,4)18-10/h10H,5-7H2,1-4H3. The Morgan fingerprint density at radius 1 is 1.47 bits per heavy atom. The van der Waals surface area contributed by atoms with Crippen molar-refractivity contribution in [1.29, 1.82) is 0 Å². The minimum absolute atomic E-state index is 0.0684. The Morgan fingerprint density at radius 3 is 2.53 bits per heavy atom. The van der Waals surface area contributed by atoms with Gasteiger partial charge in [0.25, 0.3) is 9.05 Å². The van der Waals surface area contributed by atoms with Crippen molar-refractivity contribution in [3.63, 3.8) is 0 Å². The molecule has 1 atom stereocenters. The molecule has 0 aliphatic carbocycles. The normalized spacial score (nSPS) is 22.9. The SMILES string of the molecule is Cc1nn(CC2CCC(C)(C)O2)c(C)c1S(=O)(=O)Cl. The smallest absolute Gasteiger partial charge is 0.264 e. The Labute approximate surface area is 118 Å². The summed E-state index contributed by atoms with van der Waals surface area (Å²) in [6, 6.07) is 0. The molecule has 2 rings (SSSR count). The predicted molar refractivity (Wildman–Crippen MR) is 72.9 cm³/mol. The average molecular weight is 307 g/mol. The zero-order valence-corrected chi connectivity index (χ0v) is 13.2. The van der Waals surface area contributed by atoms with E-state index in [1.165, 1.54) is 0 Å². The van der Waals surface area contributed by atoms with Crippen LogP contribution in [0.4, 0.5) is 0 Å². The molecule has 1 aliphatic heterocycles. The molecule has 1 saturated heterocycles. The van der Waals surface area contributed by atoms with Crippen molar-refractivity contribution in [1.82, 2.24) is 9.78 Å². The molecule has 0 bridgehead atoms.